The van der Waals surface area contributed by atoms with E-state index < -0.39 is 23.3 Å². The minimum absolute atomic E-state index is 0.0524. The van der Waals surface area contributed by atoms with Gasteiger partial charge < -0.3 is 14.8 Å². The summed E-state index contributed by atoms with van der Waals surface area (Å²) in [6, 6.07) is 3.15. The van der Waals surface area contributed by atoms with E-state index in [0.717, 1.165) is 25.0 Å². The molecule has 1 fully saturated rings. The average molecular weight is 415 g/mol. The fourth-order valence-corrected chi connectivity index (χ4v) is 3.42. The molecule has 0 aliphatic heterocycles. The largest absolute Gasteiger partial charge is 0.465 e. The van der Waals surface area contributed by atoms with Gasteiger partial charge >= 0.3 is 18.1 Å². The number of alkyl halides is 3. The lowest BCUT2D eigenvalue weighted by atomic mass is 9.82. The molecule has 0 saturated heterocycles. The van der Waals surface area contributed by atoms with E-state index in [0.29, 0.717) is 19.4 Å². The van der Waals surface area contributed by atoms with Crippen molar-refractivity contribution in [3.05, 3.63) is 29.3 Å². The summed E-state index contributed by atoms with van der Waals surface area (Å²) in [5.41, 5.74) is -1.45. The van der Waals surface area contributed by atoms with Crippen LogP contribution in [0.5, 0.6) is 0 Å². The highest BCUT2D eigenvalue weighted by Crippen LogP contribution is 2.36. The Bertz CT molecular complexity index is 732. The Hall–Kier alpha value is -2.25. The van der Waals surface area contributed by atoms with Crippen molar-refractivity contribution >= 4 is 17.6 Å². The normalized spacial score (nSPS) is 20.1. The number of carbonyl (C=O) groups excluding carboxylic acids is 2. The summed E-state index contributed by atoms with van der Waals surface area (Å²) >= 11 is 0. The maximum Gasteiger partial charge on any atom is 0.418 e. The smallest absolute Gasteiger partial charge is 0.418 e. The van der Waals surface area contributed by atoms with Gasteiger partial charge in [-0.15, -0.1) is 0 Å². The summed E-state index contributed by atoms with van der Waals surface area (Å²) in [6.45, 7) is 5.79. The van der Waals surface area contributed by atoms with E-state index in [2.05, 4.69) is 10.1 Å². The Labute approximate surface area is 168 Å². The summed E-state index contributed by atoms with van der Waals surface area (Å²) < 4.78 is 49.9. The second-order valence-electron chi connectivity index (χ2n) is 8.38. The van der Waals surface area contributed by atoms with Crippen molar-refractivity contribution in [2.45, 2.75) is 58.2 Å². The minimum atomic E-state index is -4.54. The van der Waals surface area contributed by atoms with Gasteiger partial charge in [-0.25, -0.2) is 4.79 Å². The molecule has 0 atom stereocenters. The highest BCUT2D eigenvalue weighted by atomic mass is 19.4. The highest BCUT2D eigenvalue weighted by Gasteiger charge is 2.35. The fourth-order valence-electron chi connectivity index (χ4n) is 3.42. The number of nitrogens with one attached hydrogen (secondary N) is 1. The van der Waals surface area contributed by atoms with Crippen LogP contribution >= 0.6 is 0 Å². The number of anilines is 1. The van der Waals surface area contributed by atoms with Crippen molar-refractivity contribution < 1.29 is 32.2 Å². The van der Waals surface area contributed by atoms with Crippen molar-refractivity contribution in [2.24, 2.45) is 11.8 Å². The Kier molecular flexibility index (Phi) is 7.19. The first-order valence-corrected chi connectivity index (χ1v) is 9.67. The topological polar surface area (TPSA) is 64.6 Å². The van der Waals surface area contributed by atoms with Crippen molar-refractivity contribution in [1.82, 2.24) is 0 Å². The predicted molar refractivity (Wildman–Crippen MR) is 103 cm³/mol. The first kappa shape index (κ1) is 23.0. The van der Waals surface area contributed by atoms with Crippen LogP contribution in [0.1, 0.15) is 62.4 Å². The maximum absolute atomic E-state index is 13.3. The lowest BCUT2D eigenvalue weighted by Crippen LogP contribution is -2.32. The van der Waals surface area contributed by atoms with E-state index in [1.54, 1.807) is 0 Å². The van der Waals surface area contributed by atoms with Gasteiger partial charge in [-0.3, -0.25) is 4.79 Å². The predicted octanol–water partition coefficient (Wildman–Crippen LogP) is 5.05. The number of esters is 2. The van der Waals surface area contributed by atoms with Crippen molar-refractivity contribution in [3.63, 3.8) is 0 Å². The van der Waals surface area contributed by atoms with Gasteiger partial charge in [0.25, 0.3) is 0 Å². The summed E-state index contributed by atoms with van der Waals surface area (Å²) in [5.74, 6) is -0.941. The van der Waals surface area contributed by atoms with Crippen LogP contribution in [-0.4, -0.2) is 31.2 Å². The number of hydrogen-bond acceptors (Lipinski definition) is 5. The average Bonchev–Trinajstić information content (AvgIpc) is 2.63. The van der Waals surface area contributed by atoms with Gasteiger partial charge in [-0.05, 0) is 70.6 Å². The molecule has 1 N–H and O–H groups in total. The molecule has 1 saturated carbocycles. The quantitative estimate of drug-likeness (QED) is 0.682. The lowest BCUT2D eigenvalue weighted by Gasteiger charge is -2.30. The van der Waals surface area contributed by atoms with Gasteiger partial charge in [0.2, 0.25) is 0 Å². The summed E-state index contributed by atoms with van der Waals surface area (Å²) in [6.07, 6.45) is -1.81. The monoisotopic (exact) mass is 415 g/mol. The van der Waals surface area contributed by atoms with Gasteiger partial charge in [0.05, 0.1) is 24.2 Å². The molecule has 8 heteroatoms. The lowest BCUT2D eigenvalue weighted by molar-refractivity contribution is -0.161. The van der Waals surface area contributed by atoms with Crippen LogP contribution in [-0.2, 0) is 20.4 Å². The standard InChI is InChI=1S/C21H28F3NO4/c1-20(2,3)29-19(27)14-7-5-13(6-8-14)12-25-17-11-15(18(26)28-4)9-10-16(17)21(22,23)24/h9-11,13-14,25H,5-8,12H2,1-4H3. The summed E-state index contributed by atoms with van der Waals surface area (Å²) in [7, 11) is 1.18. The fraction of sp³-hybridized carbons (Fsp3) is 0.619. The molecule has 5 nitrogen and oxygen atoms in total. The third-order valence-corrected chi connectivity index (χ3v) is 4.91. The maximum atomic E-state index is 13.3. The van der Waals surface area contributed by atoms with Crippen LogP contribution in [0.3, 0.4) is 0 Å². The van der Waals surface area contributed by atoms with Crippen molar-refractivity contribution in [1.29, 1.82) is 0 Å². The molecule has 0 unspecified atom stereocenters. The number of benzene rings is 1. The zero-order chi connectivity index (χ0) is 21.8. The minimum Gasteiger partial charge on any atom is -0.465 e. The second kappa shape index (κ2) is 9.05. The van der Waals surface area contributed by atoms with Crippen molar-refractivity contribution in [3.8, 4) is 0 Å². The van der Waals surface area contributed by atoms with Gasteiger partial charge in [0.1, 0.15) is 5.60 Å². The van der Waals surface area contributed by atoms with Crippen LogP contribution < -0.4 is 5.32 Å². The number of carbonyl (C=O) groups is 2. The SMILES string of the molecule is COC(=O)c1ccc(C(F)(F)F)c(NCC2CCC(C(=O)OC(C)(C)C)CC2)c1. The van der Waals surface area contributed by atoms with Crippen LogP contribution in [0.2, 0.25) is 0 Å². The molecule has 1 aliphatic rings. The van der Waals surface area contributed by atoms with Gasteiger partial charge in [0, 0.05) is 12.2 Å². The van der Waals surface area contributed by atoms with E-state index in [-0.39, 0.29) is 29.1 Å². The first-order chi connectivity index (χ1) is 13.4. The molecule has 1 aromatic rings. The molecule has 0 heterocycles. The van der Waals surface area contributed by atoms with Crippen LogP contribution in [0, 0.1) is 11.8 Å². The van der Waals surface area contributed by atoms with E-state index in [1.807, 2.05) is 20.8 Å². The first-order valence-electron chi connectivity index (χ1n) is 9.67. The molecule has 0 radical (unpaired) electrons. The van der Waals surface area contributed by atoms with Gasteiger partial charge in [0.15, 0.2) is 0 Å². The molecule has 29 heavy (non-hydrogen) atoms. The molecule has 0 spiro atoms. The molecule has 0 aromatic heterocycles. The Morgan fingerprint density at radius 2 is 1.72 bits per heavy atom. The molecular weight excluding hydrogens is 387 g/mol. The van der Waals surface area contributed by atoms with Crippen LogP contribution in [0.25, 0.3) is 0 Å². The van der Waals surface area contributed by atoms with E-state index in [1.165, 1.54) is 13.2 Å². The van der Waals surface area contributed by atoms with Crippen LogP contribution in [0.4, 0.5) is 18.9 Å². The van der Waals surface area contributed by atoms with E-state index in [4.69, 9.17) is 4.74 Å². The summed E-state index contributed by atoms with van der Waals surface area (Å²) in [4.78, 5) is 23.8. The Morgan fingerprint density at radius 3 is 2.24 bits per heavy atom. The molecular formula is C21H28F3NO4. The molecule has 0 bridgehead atoms. The molecule has 162 valence electrons. The second-order valence-corrected chi connectivity index (χ2v) is 8.38. The number of ether oxygens (including phenoxy) is 2. The zero-order valence-electron chi connectivity index (χ0n) is 17.2. The summed E-state index contributed by atoms with van der Waals surface area (Å²) in [5, 5.41) is 2.85. The third-order valence-electron chi connectivity index (χ3n) is 4.91. The number of methoxy groups -OCH3 is 1. The molecule has 1 aromatic carbocycles. The molecule has 0 amide bonds. The van der Waals surface area contributed by atoms with E-state index in [9.17, 15) is 22.8 Å². The number of halogens is 3. The number of hydrogen-bond donors (Lipinski definition) is 1. The Balaban J connectivity index is 1.99. The third kappa shape index (κ3) is 6.65. The Morgan fingerprint density at radius 1 is 1.10 bits per heavy atom. The zero-order valence-corrected chi connectivity index (χ0v) is 17.2. The van der Waals surface area contributed by atoms with Gasteiger partial charge in [-0.2, -0.15) is 13.2 Å². The molecule has 1 aliphatic carbocycles. The highest BCUT2D eigenvalue weighted by molar-refractivity contribution is 5.90. The van der Waals surface area contributed by atoms with Crippen LogP contribution in [0.15, 0.2) is 18.2 Å². The van der Waals surface area contributed by atoms with Gasteiger partial charge in [-0.1, -0.05) is 0 Å². The van der Waals surface area contributed by atoms with E-state index >= 15 is 0 Å². The number of rotatable bonds is 5. The molecule has 2 rings (SSSR count). The van der Waals surface area contributed by atoms with Crippen molar-refractivity contribution in [2.75, 3.05) is 19.0 Å².